The molecule has 0 rings (SSSR count). The molecule has 1 amide bonds. The fourth-order valence-corrected chi connectivity index (χ4v) is 0.721. The second-order valence-electron chi connectivity index (χ2n) is 2.47. The first kappa shape index (κ1) is 11.9. The molecule has 0 aromatic carbocycles. The van der Waals surface area contributed by atoms with Gasteiger partial charge in [-0.05, 0) is 13.5 Å². The number of aliphatic carboxylic acids is 1. The number of carbonyl (C=O) groups excluding carboxylic acids is 1. The van der Waals surface area contributed by atoms with Crippen molar-refractivity contribution >= 4 is 11.9 Å². The van der Waals surface area contributed by atoms with E-state index in [1.54, 1.807) is 7.05 Å². The maximum atomic E-state index is 10.5. The van der Waals surface area contributed by atoms with Crippen molar-refractivity contribution in [2.75, 3.05) is 13.7 Å². The number of carboxylic acid groups (broad SMARTS) is 1. The van der Waals surface area contributed by atoms with Crippen LogP contribution >= 0.6 is 0 Å². The Hall–Kier alpha value is -1.14. The van der Waals surface area contributed by atoms with Gasteiger partial charge in [0.2, 0.25) is 5.91 Å². The van der Waals surface area contributed by atoms with Gasteiger partial charge in [-0.1, -0.05) is 0 Å². The van der Waals surface area contributed by atoms with Crippen molar-refractivity contribution in [3.05, 3.63) is 0 Å². The predicted molar refractivity (Wildman–Crippen MR) is 44.9 cm³/mol. The molecule has 0 radical (unpaired) electrons. The molecule has 0 bridgehead atoms. The van der Waals surface area contributed by atoms with E-state index >= 15 is 0 Å². The van der Waals surface area contributed by atoms with E-state index in [0.29, 0.717) is 6.42 Å². The number of rotatable bonds is 6. The molecule has 0 aliphatic heterocycles. The van der Waals surface area contributed by atoms with Gasteiger partial charge in [0.05, 0.1) is 6.61 Å². The summed E-state index contributed by atoms with van der Waals surface area (Å²) < 4.78 is 0. The minimum absolute atomic E-state index is 0.164. The molecule has 0 aromatic rings. The summed E-state index contributed by atoms with van der Waals surface area (Å²) in [7, 11) is 1.55. The number of likely N-dealkylation sites (N-methyl/N-ethyl adjacent to an activating group) is 1. The van der Waals surface area contributed by atoms with Crippen molar-refractivity contribution in [3.63, 3.8) is 0 Å². The molecule has 6 heteroatoms. The summed E-state index contributed by atoms with van der Waals surface area (Å²) in [6.07, 6.45) is 0.298. The number of carboxylic acids is 1. The van der Waals surface area contributed by atoms with Gasteiger partial charge in [0.15, 0.2) is 0 Å². The van der Waals surface area contributed by atoms with E-state index in [1.165, 1.54) is 6.92 Å². The Morgan fingerprint density at radius 1 is 1.54 bits per heavy atom. The van der Waals surface area contributed by atoms with Gasteiger partial charge in [-0.3, -0.25) is 14.4 Å². The van der Waals surface area contributed by atoms with E-state index in [1.807, 2.05) is 0 Å². The summed E-state index contributed by atoms with van der Waals surface area (Å²) in [5, 5.41) is 11.2. The van der Waals surface area contributed by atoms with Crippen LogP contribution in [0.4, 0.5) is 0 Å². The Labute approximate surface area is 76.2 Å². The van der Waals surface area contributed by atoms with Crippen LogP contribution in [0, 0.1) is 0 Å². The van der Waals surface area contributed by atoms with Crippen molar-refractivity contribution in [1.82, 2.24) is 10.8 Å². The van der Waals surface area contributed by atoms with Gasteiger partial charge in [-0.2, -0.15) is 0 Å². The second kappa shape index (κ2) is 6.38. The summed E-state index contributed by atoms with van der Waals surface area (Å²) in [4.78, 5) is 25.5. The minimum atomic E-state index is -0.936. The standard InChI is InChI=1S/C7H14N2O4/c1-5(10)9-13-4-3-6(8-2)7(11)12/h6,8H,3-4H2,1-2H3,(H,9,10)(H,11,12)/t6-/m0/s1. The lowest BCUT2D eigenvalue weighted by Crippen LogP contribution is -2.35. The Kier molecular flexibility index (Phi) is 5.82. The molecule has 0 aliphatic carbocycles. The summed E-state index contributed by atoms with van der Waals surface area (Å²) >= 11 is 0. The highest BCUT2D eigenvalue weighted by molar-refractivity contribution is 5.73. The topological polar surface area (TPSA) is 87.7 Å². The molecule has 0 aliphatic rings. The predicted octanol–water partition coefficient (Wildman–Crippen LogP) is -0.883. The van der Waals surface area contributed by atoms with Crippen molar-refractivity contribution in [2.24, 2.45) is 0 Å². The van der Waals surface area contributed by atoms with Crippen LogP contribution in [0.2, 0.25) is 0 Å². The third-order valence-corrected chi connectivity index (χ3v) is 1.37. The van der Waals surface area contributed by atoms with Gasteiger partial charge in [0.1, 0.15) is 6.04 Å². The Bertz CT molecular complexity index is 183. The van der Waals surface area contributed by atoms with Crippen LogP contribution in [-0.4, -0.2) is 36.7 Å². The Morgan fingerprint density at radius 3 is 2.54 bits per heavy atom. The third kappa shape index (κ3) is 6.06. The SMILES string of the molecule is CN[C@@H](CCONC(C)=O)C(=O)O. The van der Waals surface area contributed by atoms with Gasteiger partial charge in [0.25, 0.3) is 0 Å². The molecule has 0 spiro atoms. The van der Waals surface area contributed by atoms with Crippen LogP contribution in [0.5, 0.6) is 0 Å². The largest absolute Gasteiger partial charge is 0.480 e. The molecule has 0 heterocycles. The van der Waals surface area contributed by atoms with Crippen LogP contribution in [-0.2, 0) is 14.4 Å². The van der Waals surface area contributed by atoms with Crippen LogP contribution < -0.4 is 10.8 Å². The number of hydrogen-bond donors (Lipinski definition) is 3. The first-order chi connectivity index (χ1) is 6.07. The molecule has 13 heavy (non-hydrogen) atoms. The lowest BCUT2D eigenvalue weighted by molar-refractivity contribution is -0.140. The van der Waals surface area contributed by atoms with Crippen molar-refractivity contribution in [1.29, 1.82) is 0 Å². The molecular formula is C7H14N2O4. The second-order valence-corrected chi connectivity index (χ2v) is 2.47. The fourth-order valence-electron chi connectivity index (χ4n) is 0.721. The zero-order valence-electron chi connectivity index (χ0n) is 7.66. The molecule has 1 atom stereocenters. The van der Waals surface area contributed by atoms with Gasteiger partial charge in [0, 0.05) is 6.92 Å². The zero-order chi connectivity index (χ0) is 10.3. The van der Waals surface area contributed by atoms with Gasteiger partial charge in [-0.15, -0.1) is 0 Å². The zero-order valence-corrected chi connectivity index (χ0v) is 7.66. The third-order valence-electron chi connectivity index (χ3n) is 1.37. The van der Waals surface area contributed by atoms with E-state index in [-0.39, 0.29) is 12.5 Å². The molecule has 0 fully saturated rings. The van der Waals surface area contributed by atoms with Gasteiger partial charge >= 0.3 is 5.97 Å². The average molecular weight is 190 g/mol. The molecule has 0 saturated heterocycles. The quantitative estimate of drug-likeness (QED) is 0.374. The Morgan fingerprint density at radius 2 is 2.15 bits per heavy atom. The van der Waals surface area contributed by atoms with Crippen molar-refractivity contribution in [2.45, 2.75) is 19.4 Å². The molecule has 3 N–H and O–H groups in total. The molecular weight excluding hydrogens is 176 g/mol. The molecule has 0 saturated carbocycles. The smallest absolute Gasteiger partial charge is 0.320 e. The van der Waals surface area contributed by atoms with Crippen LogP contribution in [0.25, 0.3) is 0 Å². The molecule has 76 valence electrons. The van der Waals surface area contributed by atoms with E-state index in [2.05, 4.69) is 15.6 Å². The highest BCUT2D eigenvalue weighted by atomic mass is 16.6. The lowest BCUT2D eigenvalue weighted by atomic mass is 10.2. The molecule has 0 unspecified atom stereocenters. The lowest BCUT2D eigenvalue weighted by Gasteiger charge is -2.10. The number of hydrogen-bond acceptors (Lipinski definition) is 4. The number of carbonyl (C=O) groups is 2. The number of hydroxylamine groups is 1. The van der Waals surface area contributed by atoms with E-state index in [0.717, 1.165) is 0 Å². The highest BCUT2D eigenvalue weighted by Gasteiger charge is 2.13. The van der Waals surface area contributed by atoms with Crippen LogP contribution in [0.3, 0.4) is 0 Å². The van der Waals surface area contributed by atoms with Crippen molar-refractivity contribution in [3.8, 4) is 0 Å². The maximum absolute atomic E-state index is 10.5. The fraction of sp³-hybridized carbons (Fsp3) is 0.714. The van der Waals surface area contributed by atoms with Crippen LogP contribution in [0.1, 0.15) is 13.3 Å². The van der Waals surface area contributed by atoms with E-state index in [4.69, 9.17) is 5.11 Å². The normalized spacial score (nSPS) is 12.2. The monoisotopic (exact) mass is 190 g/mol. The first-order valence-electron chi connectivity index (χ1n) is 3.86. The molecule has 0 aromatic heterocycles. The summed E-state index contributed by atoms with van der Waals surface area (Å²) in [5.41, 5.74) is 2.10. The van der Waals surface area contributed by atoms with Gasteiger partial charge < -0.3 is 10.4 Å². The summed E-state index contributed by atoms with van der Waals surface area (Å²) in [6, 6.07) is -0.645. The summed E-state index contributed by atoms with van der Waals surface area (Å²) in [5.74, 6) is -1.25. The maximum Gasteiger partial charge on any atom is 0.320 e. The van der Waals surface area contributed by atoms with E-state index in [9.17, 15) is 9.59 Å². The average Bonchev–Trinajstić information content (AvgIpc) is 2.03. The highest BCUT2D eigenvalue weighted by Crippen LogP contribution is 1.90. The van der Waals surface area contributed by atoms with Crippen LogP contribution in [0.15, 0.2) is 0 Å². The van der Waals surface area contributed by atoms with E-state index < -0.39 is 12.0 Å². The number of nitrogens with one attached hydrogen (secondary N) is 2. The first-order valence-corrected chi connectivity index (χ1v) is 3.86. The van der Waals surface area contributed by atoms with Gasteiger partial charge in [-0.25, -0.2) is 5.48 Å². The van der Waals surface area contributed by atoms with Crippen molar-refractivity contribution < 1.29 is 19.5 Å². The minimum Gasteiger partial charge on any atom is -0.480 e. The Balaban J connectivity index is 3.50. The molecule has 6 nitrogen and oxygen atoms in total. The number of amides is 1. The summed E-state index contributed by atoms with van der Waals surface area (Å²) in [6.45, 7) is 1.48.